The van der Waals surface area contributed by atoms with E-state index in [1.807, 2.05) is 11.1 Å². The predicted molar refractivity (Wildman–Crippen MR) is 91.3 cm³/mol. The van der Waals surface area contributed by atoms with E-state index in [1.165, 1.54) is 38.8 Å². The van der Waals surface area contributed by atoms with Crippen LogP contribution in [0.15, 0.2) is 11.1 Å². The molecule has 1 spiro atoms. The summed E-state index contributed by atoms with van der Waals surface area (Å²) in [4.78, 5) is 2.76. The van der Waals surface area contributed by atoms with Gasteiger partial charge in [-0.3, -0.25) is 0 Å². The van der Waals surface area contributed by atoms with Crippen LogP contribution in [0, 0.1) is 29.1 Å². The molecule has 1 nitrogen and oxygen atoms in total. The fourth-order valence-electron chi connectivity index (χ4n) is 6.09. The molecule has 120 valence electrons. The van der Waals surface area contributed by atoms with Crippen LogP contribution in [0.4, 0.5) is 0 Å². The molecule has 1 heteroatoms. The Labute approximate surface area is 132 Å². The summed E-state index contributed by atoms with van der Waals surface area (Å²) in [7, 11) is 0. The Kier molecular flexibility index (Phi) is 4.01. The third-order valence-corrected chi connectivity index (χ3v) is 6.89. The van der Waals surface area contributed by atoms with Gasteiger partial charge >= 0.3 is 0 Å². The summed E-state index contributed by atoms with van der Waals surface area (Å²) in [5.74, 6) is 3.38. The molecular formula is C20H35N. The van der Waals surface area contributed by atoms with E-state index in [0.29, 0.717) is 5.41 Å². The van der Waals surface area contributed by atoms with E-state index in [9.17, 15) is 0 Å². The van der Waals surface area contributed by atoms with Gasteiger partial charge in [0.1, 0.15) is 0 Å². The minimum atomic E-state index is 0.596. The SMILES string of the molecule is CC(C)C1=C(C(C)C)C2(CC1)[C@@H]1CC[C@H]2CN(C(C)C)C1. The van der Waals surface area contributed by atoms with Crippen LogP contribution >= 0.6 is 0 Å². The summed E-state index contributed by atoms with van der Waals surface area (Å²) in [6.07, 6.45) is 5.82. The lowest BCUT2D eigenvalue weighted by atomic mass is 9.62. The maximum absolute atomic E-state index is 2.76. The van der Waals surface area contributed by atoms with Gasteiger partial charge in [0.2, 0.25) is 0 Å². The highest BCUT2D eigenvalue weighted by atomic mass is 15.2. The summed E-state index contributed by atoms with van der Waals surface area (Å²) < 4.78 is 0. The third kappa shape index (κ3) is 2.22. The molecule has 21 heavy (non-hydrogen) atoms. The first kappa shape index (κ1) is 15.6. The van der Waals surface area contributed by atoms with Gasteiger partial charge in [-0.15, -0.1) is 0 Å². The van der Waals surface area contributed by atoms with E-state index in [1.54, 1.807) is 0 Å². The van der Waals surface area contributed by atoms with Crippen LogP contribution in [-0.2, 0) is 0 Å². The Morgan fingerprint density at radius 2 is 1.48 bits per heavy atom. The van der Waals surface area contributed by atoms with E-state index < -0.39 is 0 Å². The van der Waals surface area contributed by atoms with E-state index in [-0.39, 0.29) is 0 Å². The van der Waals surface area contributed by atoms with Crippen molar-refractivity contribution >= 4 is 0 Å². The normalized spacial score (nSPS) is 37.0. The van der Waals surface area contributed by atoms with Crippen molar-refractivity contribution in [3.8, 4) is 0 Å². The first-order chi connectivity index (χ1) is 9.87. The van der Waals surface area contributed by atoms with Crippen molar-refractivity contribution in [2.75, 3.05) is 13.1 Å². The molecule has 1 heterocycles. The fourth-order valence-corrected chi connectivity index (χ4v) is 6.09. The quantitative estimate of drug-likeness (QED) is 0.651. The third-order valence-electron chi connectivity index (χ3n) is 6.89. The highest BCUT2D eigenvalue weighted by Gasteiger charge is 2.58. The second kappa shape index (κ2) is 5.41. The van der Waals surface area contributed by atoms with Gasteiger partial charge in [-0.2, -0.15) is 0 Å². The molecule has 0 aromatic heterocycles. The number of piperidine rings is 1. The molecule has 2 fully saturated rings. The van der Waals surface area contributed by atoms with Crippen LogP contribution in [0.1, 0.15) is 67.2 Å². The summed E-state index contributed by atoms with van der Waals surface area (Å²) in [5, 5.41) is 0. The van der Waals surface area contributed by atoms with Gasteiger partial charge < -0.3 is 4.90 Å². The molecule has 3 atom stereocenters. The maximum atomic E-state index is 2.76. The van der Waals surface area contributed by atoms with Crippen molar-refractivity contribution < 1.29 is 0 Å². The zero-order valence-corrected chi connectivity index (χ0v) is 15.1. The van der Waals surface area contributed by atoms with Crippen molar-refractivity contribution in [1.82, 2.24) is 4.90 Å². The molecule has 0 amide bonds. The number of rotatable bonds is 3. The first-order valence-corrected chi connectivity index (χ1v) is 9.35. The molecule has 1 unspecified atom stereocenters. The van der Waals surface area contributed by atoms with Crippen molar-refractivity contribution in [2.45, 2.75) is 73.3 Å². The molecular weight excluding hydrogens is 254 g/mol. The van der Waals surface area contributed by atoms with E-state index in [0.717, 1.165) is 29.7 Å². The van der Waals surface area contributed by atoms with E-state index in [4.69, 9.17) is 0 Å². The zero-order chi connectivity index (χ0) is 15.4. The lowest BCUT2D eigenvalue weighted by Crippen LogP contribution is -2.51. The minimum Gasteiger partial charge on any atom is -0.300 e. The van der Waals surface area contributed by atoms with E-state index >= 15 is 0 Å². The van der Waals surface area contributed by atoms with Gasteiger partial charge in [0.15, 0.2) is 0 Å². The van der Waals surface area contributed by atoms with Crippen LogP contribution in [0.25, 0.3) is 0 Å². The Morgan fingerprint density at radius 3 is 1.90 bits per heavy atom. The Morgan fingerprint density at radius 1 is 0.905 bits per heavy atom. The molecule has 1 saturated carbocycles. The van der Waals surface area contributed by atoms with Crippen molar-refractivity contribution in [3.63, 3.8) is 0 Å². The molecule has 0 radical (unpaired) electrons. The van der Waals surface area contributed by atoms with Gasteiger partial charge in [-0.25, -0.2) is 0 Å². The summed E-state index contributed by atoms with van der Waals surface area (Å²) in [5.41, 5.74) is 4.34. The van der Waals surface area contributed by atoms with Crippen LogP contribution in [-0.4, -0.2) is 24.0 Å². The Bertz CT molecular complexity index is 415. The molecule has 2 bridgehead atoms. The molecule has 0 N–H and O–H groups in total. The number of hydrogen-bond donors (Lipinski definition) is 0. The van der Waals surface area contributed by atoms with Crippen LogP contribution in [0.5, 0.6) is 0 Å². The average Bonchev–Trinajstić information content (AvgIpc) is 2.85. The van der Waals surface area contributed by atoms with Gasteiger partial charge in [-0.1, -0.05) is 38.8 Å². The molecule has 0 aromatic rings. The molecule has 3 aliphatic rings. The smallest absolute Gasteiger partial charge is 0.00388 e. The van der Waals surface area contributed by atoms with Crippen molar-refractivity contribution in [1.29, 1.82) is 0 Å². The lowest BCUT2D eigenvalue weighted by Gasteiger charge is -2.50. The van der Waals surface area contributed by atoms with Gasteiger partial charge in [0.25, 0.3) is 0 Å². The molecule has 1 saturated heterocycles. The van der Waals surface area contributed by atoms with Gasteiger partial charge in [0, 0.05) is 24.5 Å². The Balaban J connectivity index is 1.99. The van der Waals surface area contributed by atoms with Crippen molar-refractivity contribution in [3.05, 3.63) is 11.1 Å². The zero-order valence-electron chi connectivity index (χ0n) is 15.1. The maximum Gasteiger partial charge on any atom is 0.00388 e. The monoisotopic (exact) mass is 289 g/mol. The number of nitrogens with zero attached hydrogens (tertiary/aromatic N) is 1. The largest absolute Gasteiger partial charge is 0.300 e. The topological polar surface area (TPSA) is 3.24 Å². The fraction of sp³-hybridized carbons (Fsp3) is 0.900. The molecule has 0 aromatic carbocycles. The summed E-state index contributed by atoms with van der Waals surface area (Å²) in [6.45, 7) is 17.2. The highest BCUT2D eigenvalue weighted by Crippen LogP contribution is 2.64. The summed E-state index contributed by atoms with van der Waals surface area (Å²) >= 11 is 0. The first-order valence-electron chi connectivity index (χ1n) is 9.35. The van der Waals surface area contributed by atoms with Gasteiger partial charge in [-0.05, 0) is 63.2 Å². The summed E-state index contributed by atoms with van der Waals surface area (Å²) in [6, 6.07) is 0.725. The lowest BCUT2D eigenvalue weighted by molar-refractivity contribution is 0.0263. The number of likely N-dealkylation sites (tertiary alicyclic amines) is 1. The molecule has 3 rings (SSSR count). The van der Waals surface area contributed by atoms with E-state index in [2.05, 4.69) is 46.4 Å². The molecule has 1 aliphatic heterocycles. The van der Waals surface area contributed by atoms with Crippen LogP contribution in [0.2, 0.25) is 0 Å². The Hall–Kier alpha value is -0.300. The second-order valence-electron chi connectivity index (χ2n) is 8.81. The molecule has 2 aliphatic carbocycles. The van der Waals surface area contributed by atoms with Crippen molar-refractivity contribution in [2.24, 2.45) is 29.1 Å². The van der Waals surface area contributed by atoms with Crippen LogP contribution < -0.4 is 0 Å². The highest BCUT2D eigenvalue weighted by molar-refractivity contribution is 5.35. The van der Waals surface area contributed by atoms with Gasteiger partial charge in [0.05, 0.1) is 0 Å². The minimum absolute atomic E-state index is 0.596. The predicted octanol–water partition coefficient (Wildman–Crippen LogP) is 5.13. The number of hydrogen-bond acceptors (Lipinski definition) is 1. The van der Waals surface area contributed by atoms with Crippen LogP contribution in [0.3, 0.4) is 0 Å². The number of allylic oxidation sites excluding steroid dienone is 2. The average molecular weight is 290 g/mol. The standard InChI is InChI=1S/C20H35N/c1-13(2)18-9-10-20(19(18)14(3)4)16-7-8-17(20)12-21(11-16)15(5)6/h13-17H,7-12H2,1-6H3/t16-,17+,20?. The second-order valence-corrected chi connectivity index (χ2v) is 8.81.